The summed E-state index contributed by atoms with van der Waals surface area (Å²) >= 11 is 0. The summed E-state index contributed by atoms with van der Waals surface area (Å²) in [5.41, 5.74) is 2.53. The van der Waals surface area contributed by atoms with Crippen LogP contribution in [0.1, 0.15) is 27.6 Å². The van der Waals surface area contributed by atoms with Crippen molar-refractivity contribution >= 4 is 11.7 Å². The number of ether oxygens (including phenoxy) is 2. The highest BCUT2D eigenvalue weighted by Gasteiger charge is 2.28. The third-order valence-corrected chi connectivity index (χ3v) is 5.73. The van der Waals surface area contributed by atoms with Gasteiger partial charge < -0.3 is 19.3 Å². The number of anilines is 1. The molecule has 3 aromatic rings. The van der Waals surface area contributed by atoms with Crippen LogP contribution in [-0.2, 0) is 0 Å². The summed E-state index contributed by atoms with van der Waals surface area (Å²) in [6, 6.07) is 9.46. The fourth-order valence-corrected chi connectivity index (χ4v) is 4.22. The summed E-state index contributed by atoms with van der Waals surface area (Å²) < 4.78 is 13.2. The van der Waals surface area contributed by atoms with Gasteiger partial charge in [0.2, 0.25) is 0 Å². The first-order valence-corrected chi connectivity index (χ1v) is 10.8. The topological polar surface area (TPSA) is 85.6 Å². The van der Waals surface area contributed by atoms with Gasteiger partial charge in [-0.3, -0.25) is 4.79 Å². The van der Waals surface area contributed by atoms with Gasteiger partial charge in [0, 0.05) is 37.9 Å². The predicted molar refractivity (Wildman–Crippen MR) is 119 cm³/mol. The Morgan fingerprint density at radius 2 is 1.69 bits per heavy atom. The third-order valence-electron chi connectivity index (χ3n) is 5.73. The molecule has 0 atom stereocenters. The van der Waals surface area contributed by atoms with E-state index in [1.54, 1.807) is 6.07 Å². The number of para-hydroxylation sites is 1. The smallest absolute Gasteiger partial charge is 0.257 e. The van der Waals surface area contributed by atoms with Crippen molar-refractivity contribution in [1.29, 1.82) is 0 Å². The number of aromatic nitrogens is 4. The summed E-state index contributed by atoms with van der Waals surface area (Å²) in [4.78, 5) is 26.4. The molecule has 0 spiro atoms. The fraction of sp³-hybridized carbons (Fsp3) is 0.391. The van der Waals surface area contributed by atoms with Crippen LogP contribution < -0.4 is 14.4 Å². The standard InChI is InChI=1S/C23H26N6O3/c1-15-13-16(2)29(26-15)21-14-20(24-17(3)25-21)27-7-9-28(10-8-27)23(30)18-5-4-6-19-22(18)32-12-11-31-19/h4-6,13-14H,7-12H2,1-3H3. The van der Waals surface area contributed by atoms with Gasteiger partial charge in [-0.2, -0.15) is 5.10 Å². The number of aryl methyl sites for hydroxylation is 3. The van der Waals surface area contributed by atoms with Gasteiger partial charge in [0.25, 0.3) is 5.91 Å². The monoisotopic (exact) mass is 434 g/mol. The molecule has 1 aromatic carbocycles. The number of rotatable bonds is 3. The molecule has 0 unspecified atom stereocenters. The lowest BCUT2D eigenvalue weighted by Gasteiger charge is -2.36. The van der Waals surface area contributed by atoms with Crippen LogP contribution in [0.3, 0.4) is 0 Å². The molecule has 0 aliphatic carbocycles. The molecular formula is C23H26N6O3. The summed E-state index contributed by atoms with van der Waals surface area (Å²) in [5.74, 6) is 3.44. The maximum atomic E-state index is 13.2. The summed E-state index contributed by atoms with van der Waals surface area (Å²) in [6.45, 7) is 9.39. The molecule has 0 radical (unpaired) electrons. The molecule has 0 saturated carbocycles. The number of carbonyl (C=O) groups excluding carboxylic acids is 1. The summed E-state index contributed by atoms with van der Waals surface area (Å²) in [5, 5.41) is 4.54. The zero-order valence-corrected chi connectivity index (χ0v) is 18.5. The Hall–Kier alpha value is -3.62. The van der Waals surface area contributed by atoms with E-state index in [9.17, 15) is 4.79 Å². The number of carbonyl (C=O) groups is 1. The highest BCUT2D eigenvalue weighted by Crippen LogP contribution is 2.34. The minimum atomic E-state index is -0.0331. The maximum Gasteiger partial charge on any atom is 0.257 e. The van der Waals surface area contributed by atoms with Crippen molar-refractivity contribution in [2.75, 3.05) is 44.3 Å². The van der Waals surface area contributed by atoms with Crippen molar-refractivity contribution in [1.82, 2.24) is 24.6 Å². The number of nitrogens with zero attached hydrogens (tertiary/aromatic N) is 6. The minimum absolute atomic E-state index is 0.0331. The second-order valence-electron chi connectivity index (χ2n) is 8.08. The quantitative estimate of drug-likeness (QED) is 0.625. The normalized spacial score (nSPS) is 15.7. The van der Waals surface area contributed by atoms with Crippen molar-refractivity contribution in [3.8, 4) is 17.3 Å². The number of amides is 1. The molecule has 1 saturated heterocycles. The van der Waals surface area contributed by atoms with Gasteiger partial charge in [0.1, 0.15) is 24.9 Å². The Labute approximate surface area is 186 Å². The molecule has 9 nitrogen and oxygen atoms in total. The molecule has 4 heterocycles. The molecule has 0 bridgehead atoms. The largest absolute Gasteiger partial charge is 0.486 e. The van der Waals surface area contributed by atoms with Crippen LogP contribution in [-0.4, -0.2) is 69.9 Å². The third kappa shape index (κ3) is 3.74. The van der Waals surface area contributed by atoms with Crippen molar-refractivity contribution in [3.05, 3.63) is 53.1 Å². The van der Waals surface area contributed by atoms with Crippen LogP contribution in [0.5, 0.6) is 11.5 Å². The van der Waals surface area contributed by atoms with Crippen LogP contribution in [0.2, 0.25) is 0 Å². The van der Waals surface area contributed by atoms with Crippen LogP contribution >= 0.6 is 0 Å². The first-order valence-electron chi connectivity index (χ1n) is 10.8. The molecule has 166 valence electrons. The van der Waals surface area contributed by atoms with E-state index >= 15 is 0 Å². The van der Waals surface area contributed by atoms with Crippen molar-refractivity contribution in [3.63, 3.8) is 0 Å². The Morgan fingerprint density at radius 3 is 2.44 bits per heavy atom. The molecule has 1 fully saturated rings. The molecular weight excluding hydrogens is 408 g/mol. The van der Waals surface area contributed by atoms with E-state index in [0.29, 0.717) is 62.3 Å². The van der Waals surface area contributed by atoms with Crippen LogP contribution in [0.15, 0.2) is 30.3 Å². The lowest BCUT2D eigenvalue weighted by Crippen LogP contribution is -2.49. The van der Waals surface area contributed by atoms with Crippen molar-refractivity contribution in [2.45, 2.75) is 20.8 Å². The van der Waals surface area contributed by atoms with Gasteiger partial charge in [0.15, 0.2) is 17.3 Å². The Morgan fingerprint density at radius 1 is 0.938 bits per heavy atom. The van der Waals surface area contributed by atoms with Gasteiger partial charge >= 0.3 is 0 Å². The van der Waals surface area contributed by atoms with E-state index in [0.717, 1.165) is 23.0 Å². The molecule has 9 heteroatoms. The van der Waals surface area contributed by atoms with E-state index < -0.39 is 0 Å². The highest BCUT2D eigenvalue weighted by atomic mass is 16.6. The molecule has 5 rings (SSSR count). The maximum absolute atomic E-state index is 13.2. The van der Waals surface area contributed by atoms with Crippen molar-refractivity contribution in [2.24, 2.45) is 0 Å². The number of benzene rings is 1. The molecule has 2 aromatic heterocycles. The number of piperazine rings is 1. The minimum Gasteiger partial charge on any atom is -0.486 e. The molecule has 0 N–H and O–H groups in total. The SMILES string of the molecule is Cc1cc(C)n(-c2cc(N3CCN(C(=O)c4cccc5c4OCCO5)CC3)nc(C)n2)n1. The second-order valence-corrected chi connectivity index (χ2v) is 8.08. The number of hydrogen-bond acceptors (Lipinski definition) is 7. The van der Waals surface area contributed by atoms with Gasteiger partial charge in [-0.1, -0.05) is 6.07 Å². The summed E-state index contributed by atoms with van der Waals surface area (Å²) in [7, 11) is 0. The Kier molecular flexibility index (Phi) is 5.16. The van der Waals surface area contributed by atoms with E-state index in [1.165, 1.54) is 0 Å². The van der Waals surface area contributed by atoms with Crippen LogP contribution in [0, 0.1) is 20.8 Å². The Bertz CT molecular complexity index is 1170. The van der Waals surface area contributed by atoms with E-state index in [2.05, 4.69) is 20.0 Å². The van der Waals surface area contributed by atoms with Gasteiger partial charge in [-0.15, -0.1) is 0 Å². The molecule has 32 heavy (non-hydrogen) atoms. The highest BCUT2D eigenvalue weighted by molar-refractivity contribution is 5.98. The first-order chi connectivity index (χ1) is 15.5. The van der Waals surface area contributed by atoms with Crippen LogP contribution in [0.4, 0.5) is 5.82 Å². The molecule has 2 aliphatic heterocycles. The fourth-order valence-electron chi connectivity index (χ4n) is 4.22. The van der Waals surface area contributed by atoms with Gasteiger partial charge in [0.05, 0.1) is 11.3 Å². The van der Waals surface area contributed by atoms with Crippen LogP contribution in [0.25, 0.3) is 5.82 Å². The number of fused-ring (bicyclic) bond motifs is 1. The van der Waals surface area contributed by atoms with E-state index in [1.807, 2.05) is 54.6 Å². The second kappa shape index (κ2) is 8.14. The molecule has 1 amide bonds. The lowest BCUT2D eigenvalue weighted by molar-refractivity contribution is 0.0736. The lowest BCUT2D eigenvalue weighted by atomic mass is 10.1. The van der Waals surface area contributed by atoms with Crippen molar-refractivity contribution < 1.29 is 14.3 Å². The Balaban J connectivity index is 1.32. The predicted octanol–water partition coefficient (Wildman–Crippen LogP) is 2.32. The van der Waals surface area contributed by atoms with E-state index in [-0.39, 0.29) is 5.91 Å². The summed E-state index contributed by atoms with van der Waals surface area (Å²) in [6.07, 6.45) is 0. The van der Waals surface area contributed by atoms with E-state index in [4.69, 9.17) is 9.47 Å². The number of hydrogen-bond donors (Lipinski definition) is 0. The zero-order valence-electron chi connectivity index (χ0n) is 18.5. The average Bonchev–Trinajstić information content (AvgIpc) is 3.16. The van der Waals surface area contributed by atoms with Gasteiger partial charge in [-0.25, -0.2) is 14.6 Å². The average molecular weight is 435 g/mol. The zero-order chi connectivity index (χ0) is 22.2. The molecule has 2 aliphatic rings. The first kappa shape index (κ1) is 20.3. The van der Waals surface area contributed by atoms with Gasteiger partial charge in [-0.05, 0) is 39.0 Å².